The summed E-state index contributed by atoms with van der Waals surface area (Å²) in [6, 6.07) is 1.65. The fourth-order valence-corrected chi connectivity index (χ4v) is 3.64. The zero-order chi connectivity index (χ0) is 18.7. The average molecular weight is 385 g/mol. The number of anilines is 1. The van der Waals surface area contributed by atoms with Crippen LogP contribution in [0.2, 0.25) is 0 Å². The molecule has 0 bridgehead atoms. The lowest BCUT2D eigenvalue weighted by Crippen LogP contribution is -2.34. The second-order valence-corrected chi connectivity index (χ2v) is 7.85. The normalized spacial score (nSPS) is 30.7. The maximum Gasteiger partial charge on any atom is 0.333 e. The standard InChI is InChI=1S/C14H19N5O6S/c1-14(2)24-10-8(5-22-26(16,20)21)23-13(11(10)25-14)19-6-18-9-7(15)3-4-17-12(9)19/h3-4,6,8,10-11,13H,5H2,1-2H3,(H2,15,17)(H2,16,20,21)/t8-,10-,11-,13-/m1/s1. The number of nitrogen functional groups attached to an aromatic ring is 1. The Hall–Kier alpha value is -1.83. The minimum absolute atomic E-state index is 0.294. The molecule has 4 N–H and O–H groups in total. The third-order valence-corrected chi connectivity index (χ3v) is 4.75. The molecular weight excluding hydrogens is 366 g/mol. The van der Waals surface area contributed by atoms with Crippen LogP contribution in [0, 0.1) is 0 Å². The van der Waals surface area contributed by atoms with Crippen LogP contribution < -0.4 is 10.9 Å². The van der Waals surface area contributed by atoms with E-state index < -0.39 is 40.6 Å². The molecule has 4 atom stereocenters. The molecule has 2 saturated heterocycles. The zero-order valence-electron chi connectivity index (χ0n) is 14.1. The predicted molar refractivity (Wildman–Crippen MR) is 88.7 cm³/mol. The van der Waals surface area contributed by atoms with Crippen molar-refractivity contribution in [1.29, 1.82) is 0 Å². The Bertz CT molecular complexity index is 944. The molecule has 4 heterocycles. The van der Waals surface area contributed by atoms with Crippen molar-refractivity contribution in [3.8, 4) is 0 Å². The van der Waals surface area contributed by atoms with Gasteiger partial charge < -0.3 is 19.9 Å². The topological polar surface area (TPSA) is 154 Å². The van der Waals surface area contributed by atoms with Crippen molar-refractivity contribution in [2.45, 2.75) is 44.2 Å². The van der Waals surface area contributed by atoms with Crippen molar-refractivity contribution in [2.24, 2.45) is 5.14 Å². The van der Waals surface area contributed by atoms with Crippen LogP contribution in [0.25, 0.3) is 11.2 Å². The Kier molecular flexibility index (Phi) is 3.95. The van der Waals surface area contributed by atoms with Crippen LogP contribution in [0.4, 0.5) is 5.69 Å². The summed E-state index contributed by atoms with van der Waals surface area (Å²) in [6.07, 6.45) is 0.710. The number of rotatable bonds is 4. The molecule has 0 unspecified atom stereocenters. The van der Waals surface area contributed by atoms with E-state index in [1.54, 1.807) is 37.0 Å². The maximum absolute atomic E-state index is 11.1. The number of pyridine rings is 1. The monoisotopic (exact) mass is 385 g/mol. The van der Waals surface area contributed by atoms with E-state index in [0.717, 1.165) is 0 Å². The number of fused-ring (bicyclic) bond motifs is 2. The number of hydrogen-bond donors (Lipinski definition) is 2. The van der Waals surface area contributed by atoms with Crippen LogP contribution in [0.3, 0.4) is 0 Å². The molecule has 0 spiro atoms. The Labute approximate surface area is 149 Å². The minimum Gasteiger partial charge on any atom is -0.397 e. The molecule has 11 nitrogen and oxygen atoms in total. The number of nitrogens with two attached hydrogens (primary N) is 2. The highest BCUT2D eigenvalue weighted by molar-refractivity contribution is 7.84. The van der Waals surface area contributed by atoms with E-state index in [1.807, 2.05) is 0 Å². The highest BCUT2D eigenvalue weighted by atomic mass is 32.2. The van der Waals surface area contributed by atoms with Crippen LogP contribution in [0.1, 0.15) is 20.1 Å². The summed E-state index contributed by atoms with van der Waals surface area (Å²) in [4.78, 5) is 8.58. The molecule has 2 aromatic heterocycles. The predicted octanol–water partition coefficient (Wildman–Crippen LogP) is -0.349. The summed E-state index contributed by atoms with van der Waals surface area (Å²) in [7, 11) is -4.11. The van der Waals surface area contributed by atoms with Gasteiger partial charge in [-0.1, -0.05) is 0 Å². The first-order chi connectivity index (χ1) is 12.1. The Balaban J connectivity index is 1.68. The fraction of sp³-hybridized carbons (Fsp3) is 0.571. The summed E-state index contributed by atoms with van der Waals surface area (Å²) in [5.74, 6) is -0.861. The Morgan fingerprint density at radius 1 is 1.31 bits per heavy atom. The van der Waals surface area contributed by atoms with Crippen LogP contribution in [0.5, 0.6) is 0 Å². The van der Waals surface area contributed by atoms with Gasteiger partial charge in [-0.25, -0.2) is 15.1 Å². The van der Waals surface area contributed by atoms with E-state index in [9.17, 15) is 8.42 Å². The van der Waals surface area contributed by atoms with Gasteiger partial charge in [0.1, 0.15) is 23.8 Å². The van der Waals surface area contributed by atoms with E-state index in [-0.39, 0.29) is 6.61 Å². The molecule has 4 rings (SSSR count). The van der Waals surface area contributed by atoms with Crippen molar-refractivity contribution in [1.82, 2.24) is 14.5 Å². The first-order valence-corrected chi connectivity index (χ1v) is 9.37. The van der Waals surface area contributed by atoms with Gasteiger partial charge in [0.2, 0.25) is 0 Å². The highest BCUT2D eigenvalue weighted by Gasteiger charge is 2.56. The molecular formula is C14H19N5O6S. The average Bonchev–Trinajstić information content (AvgIpc) is 3.16. The Morgan fingerprint density at radius 2 is 2.04 bits per heavy atom. The van der Waals surface area contributed by atoms with E-state index in [0.29, 0.717) is 16.9 Å². The number of nitrogens with zero attached hydrogens (tertiary/aromatic N) is 3. The first kappa shape index (κ1) is 17.6. The zero-order valence-corrected chi connectivity index (χ0v) is 14.9. The molecule has 26 heavy (non-hydrogen) atoms. The van der Waals surface area contributed by atoms with E-state index in [1.165, 1.54) is 0 Å². The number of imidazole rings is 1. The van der Waals surface area contributed by atoms with Gasteiger partial charge in [-0.3, -0.25) is 8.75 Å². The maximum atomic E-state index is 11.1. The van der Waals surface area contributed by atoms with Gasteiger partial charge in [0, 0.05) is 6.20 Å². The summed E-state index contributed by atoms with van der Waals surface area (Å²) in [5.41, 5.74) is 7.48. The molecule has 2 aliphatic rings. The smallest absolute Gasteiger partial charge is 0.333 e. The van der Waals surface area contributed by atoms with Crippen molar-refractivity contribution < 1.29 is 26.8 Å². The number of ether oxygens (including phenoxy) is 3. The van der Waals surface area contributed by atoms with Gasteiger partial charge in [0.15, 0.2) is 17.7 Å². The van der Waals surface area contributed by atoms with Crippen molar-refractivity contribution in [3.63, 3.8) is 0 Å². The minimum atomic E-state index is -4.11. The van der Waals surface area contributed by atoms with Gasteiger partial charge in [-0.2, -0.15) is 8.42 Å². The molecule has 2 fully saturated rings. The summed E-state index contributed by atoms with van der Waals surface area (Å²) in [6.45, 7) is 3.24. The summed E-state index contributed by atoms with van der Waals surface area (Å²) >= 11 is 0. The van der Waals surface area contributed by atoms with E-state index in [4.69, 9.17) is 29.3 Å². The summed E-state index contributed by atoms with van der Waals surface area (Å²) < 4.78 is 46.4. The van der Waals surface area contributed by atoms with Crippen molar-refractivity contribution >= 4 is 27.2 Å². The highest BCUT2D eigenvalue weighted by Crippen LogP contribution is 2.43. The van der Waals surface area contributed by atoms with E-state index >= 15 is 0 Å². The molecule has 2 aromatic rings. The van der Waals surface area contributed by atoms with Gasteiger partial charge in [0.25, 0.3) is 0 Å². The molecule has 0 aliphatic carbocycles. The number of aromatic nitrogens is 3. The second kappa shape index (κ2) is 5.84. The molecule has 0 aromatic carbocycles. The van der Waals surface area contributed by atoms with Crippen LogP contribution in [0.15, 0.2) is 18.6 Å². The lowest BCUT2D eigenvalue weighted by atomic mass is 10.1. The molecule has 0 saturated carbocycles. The van der Waals surface area contributed by atoms with Crippen LogP contribution >= 0.6 is 0 Å². The first-order valence-electron chi connectivity index (χ1n) is 7.90. The Morgan fingerprint density at radius 3 is 2.77 bits per heavy atom. The molecule has 0 radical (unpaired) electrons. The third-order valence-electron chi connectivity index (χ3n) is 4.29. The van der Waals surface area contributed by atoms with Crippen molar-refractivity contribution in [3.05, 3.63) is 18.6 Å². The SMILES string of the molecule is CC1(C)O[C@@H]2[C@H](O1)[C@@H](COS(N)(=O)=O)O[C@H]2n1cnc2c(N)ccnc21. The number of hydrogen-bond acceptors (Lipinski definition) is 9. The van der Waals surface area contributed by atoms with Gasteiger partial charge >= 0.3 is 10.3 Å². The third kappa shape index (κ3) is 3.04. The quantitative estimate of drug-likeness (QED) is 0.718. The fourth-order valence-electron chi connectivity index (χ4n) is 3.32. The lowest BCUT2D eigenvalue weighted by Gasteiger charge is -2.24. The molecule has 12 heteroatoms. The van der Waals surface area contributed by atoms with Gasteiger partial charge in [-0.05, 0) is 19.9 Å². The van der Waals surface area contributed by atoms with Gasteiger partial charge in [0.05, 0.1) is 18.6 Å². The molecule has 142 valence electrons. The van der Waals surface area contributed by atoms with E-state index in [2.05, 4.69) is 9.97 Å². The summed E-state index contributed by atoms with van der Waals surface area (Å²) in [5, 5.41) is 4.91. The van der Waals surface area contributed by atoms with Crippen molar-refractivity contribution in [2.75, 3.05) is 12.3 Å². The second-order valence-electron chi connectivity index (χ2n) is 6.63. The lowest BCUT2D eigenvalue weighted by molar-refractivity contribution is -0.198. The largest absolute Gasteiger partial charge is 0.397 e. The molecule has 0 amide bonds. The van der Waals surface area contributed by atoms with Crippen LogP contribution in [-0.2, 0) is 28.7 Å². The van der Waals surface area contributed by atoms with Crippen LogP contribution in [-0.4, -0.2) is 53.7 Å². The van der Waals surface area contributed by atoms with Gasteiger partial charge in [-0.15, -0.1) is 0 Å². The molecule has 2 aliphatic heterocycles.